The fraction of sp³-hybridized carbons (Fsp3) is 0.200. The molecule has 2 aliphatic rings. The summed E-state index contributed by atoms with van der Waals surface area (Å²) in [4.78, 5) is 0. The van der Waals surface area contributed by atoms with Crippen molar-refractivity contribution < 1.29 is 0 Å². The molecule has 0 aromatic rings. The maximum Gasteiger partial charge on any atom is -0.0161 e. The van der Waals surface area contributed by atoms with Crippen LogP contribution >= 0.6 is 0 Å². The van der Waals surface area contributed by atoms with Crippen LogP contribution in [0.3, 0.4) is 0 Å². The van der Waals surface area contributed by atoms with E-state index in [1.54, 1.807) is 0 Å². The SMILES string of the molecule is C=C1CCC=C2C=CC=C12. The number of rotatable bonds is 0. The Balaban J connectivity index is 2.46. The van der Waals surface area contributed by atoms with E-state index in [-0.39, 0.29) is 0 Å². The molecule has 0 aliphatic heterocycles. The number of fused-ring (bicyclic) bond motifs is 1. The third-order valence-electron chi connectivity index (χ3n) is 2.04. The van der Waals surface area contributed by atoms with Crippen LogP contribution in [0.4, 0.5) is 0 Å². The van der Waals surface area contributed by atoms with Crippen LogP contribution in [0.25, 0.3) is 0 Å². The fourth-order valence-corrected chi connectivity index (χ4v) is 1.47. The monoisotopic (exact) mass is 130 g/mol. The summed E-state index contributed by atoms with van der Waals surface area (Å²) in [5.41, 5.74) is 4.02. The molecule has 0 nitrogen and oxygen atoms in total. The molecular weight excluding hydrogens is 120 g/mol. The second kappa shape index (κ2) is 1.98. The first-order valence-electron chi connectivity index (χ1n) is 3.65. The summed E-state index contributed by atoms with van der Waals surface area (Å²) < 4.78 is 0. The van der Waals surface area contributed by atoms with E-state index in [1.165, 1.54) is 16.7 Å². The Labute approximate surface area is 61.3 Å². The number of hydrogen-bond acceptors (Lipinski definition) is 0. The average molecular weight is 130 g/mol. The maximum atomic E-state index is 4.01. The van der Waals surface area contributed by atoms with Gasteiger partial charge in [0.2, 0.25) is 0 Å². The third-order valence-corrected chi connectivity index (χ3v) is 2.04. The normalized spacial score (nSPS) is 22.2. The molecule has 2 rings (SSSR count). The summed E-state index contributed by atoms with van der Waals surface area (Å²) in [5, 5.41) is 0. The highest BCUT2D eigenvalue weighted by atomic mass is 14.2. The molecule has 2 aliphatic carbocycles. The van der Waals surface area contributed by atoms with Crippen molar-refractivity contribution in [2.75, 3.05) is 0 Å². The molecule has 0 atom stereocenters. The highest BCUT2D eigenvalue weighted by molar-refractivity contribution is 5.58. The molecule has 0 fully saturated rings. The molecule has 10 heavy (non-hydrogen) atoms. The molecule has 0 saturated heterocycles. The van der Waals surface area contributed by atoms with E-state index in [0.29, 0.717) is 0 Å². The molecule has 0 aromatic carbocycles. The third kappa shape index (κ3) is 0.688. The minimum absolute atomic E-state index is 1.14. The van der Waals surface area contributed by atoms with Crippen molar-refractivity contribution in [2.24, 2.45) is 0 Å². The first-order valence-corrected chi connectivity index (χ1v) is 3.65. The molecule has 0 unspecified atom stereocenters. The van der Waals surface area contributed by atoms with Gasteiger partial charge in [-0.05, 0) is 29.6 Å². The predicted octanol–water partition coefficient (Wildman–Crippen LogP) is 2.76. The summed E-state index contributed by atoms with van der Waals surface area (Å²) in [6, 6.07) is 0. The summed E-state index contributed by atoms with van der Waals surface area (Å²) in [7, 11) is 0. The Morgan fingerprint density at radius 2 is 2.30 bits per heavy atom. The minimum atomic E-state index is 1.14. The molecule has 0 radical (unpaired) electrons. The maximum absolute atomic E-state index is 4.01. The Bertz CT molecular complexity index is 262. The molecule has 0 amide bonds. The van der Waals surface area contributed by atoms with E-state index in [9.17, 15) is 0 Å². The zero-order valence-corrected chi connectivity index (χ0v) is 5.93. The minimum Gasteiger partial charge on any atom is -0.0952 e. The Kier molecular flexibility index (Phi) is 1.13. The van der Waals surface area contributed by atoms with Crippen LogP contribution in [0, 0.1) is 0 Å². The van der Waals surface area contributed by atoms with Gasteiger partial charge in [-0.3, -0.25) is 0 Å². The van der Waals surface area contributed by atoms with Gasteiger partial charge in [0, 0.05) is 0 Å². The summed E-state index contributed by atoms with van der Waals surface area (Å²) in [5.74, 6) is 0. The number of allylic oxidation sites excluding steroid dienone is 7. The van der Waals surface area contributed by atoms with Crippen LogP contribution in [0.5, 0.6) is 0 Å². The largest absolute Gasteiger partial charge is 0.0952 e. The highest BCUT2D eigenvalue weighted by Gasteiger charge is 2.12. The standard InChI is InChI=1S/C10H10/c1-8-4-2-5-9-6-3-7-10(8)9/h3,5-7H,1-2,4H2. The molecule has 0 saturated carbocycles. The van der Waals surface area contributed by atoms with Crippen LogP contribution in [0.1, 0.15) is 12.8 Å². The van der Waals surface area contributed by atoms with Crippen LogP contribution in [0.15, 0.2) is 47.6 Å². The van der Waals surface area contributed by atoms with Crippen LogP contribution in [-0.2, 0) is 0 Å². The molecule has 0 heterocycles. The van der Waals surface area contributed by atoms with Crippen molar-refractivity contribution >= 4 is 0 Å². The quantitative estimate of drug-likeness (QED) is 0.473. The van der Waals surface area contributed by atoms with Crippen molar-refractivity contribution in [1.82, 2.24) is 0 Å². The van der Waals surface area contributed by atoms with E-state index < -0.39 is 0 Å². The van der Waals surface area contributed by atoms with Crippen LogP contribution in [0.2, 0.25) is 0 Å². The topological polar surface area (TPSA) is 0 Å². The van der Waals surface area contributed by atoms with Gasteiger partial charge in [0.05, 0.1) is 0 Å². The molecule has 0 spiro atoms. The van der Waals surface area contributed by atoms with E-state index in [0.717, 1.165) is 12.8 Å². The lowest BCUT2D eigenvalue weighted by atomic mass is 9.92. The summed E-state index contributed by atoms with van der Waals surface area (Å²) in [6.07, 6.45) is 11.0. The molecule has 0 bridgehead atoms. The number of hydrogen-bond donors (Lipinski definition) is 0. The van der Waals surface area contributed by atoms with E-state index in [2.05, 4.69) is 30.9 Å². The van der Waals surface area contributed by atoms with Gasteiger partial charge < -0.3 is 0 Å². The van der Waals surface area contributed by atoms with Gasteiger partial charge in [-0.1, -0.05) is 30.9 Å². The summed E-state index contributed by atoms with van der Waals surface area (Å²) in [6.45, 7) is 4.01. The Morgan fingerprint density at radius 3 is 3.10 bits per heavy atom. The van der Waals surface area contributed by atoms with E-state index in [1.807, 2.05) is 0 Å². The second-order valence-electron chi connectivity index (χ2n) is 2.74. The van der Waals surface area contributed by atoms with Crippen molar-refractivity contribution in [3.05, 3.63) is 47.6 Å². The van der Waals surface area contributed by atoms with Gasteiger partial charge >= 0.3 is 0 Å². The van der Waals surface area contributed by atoms with Crippen LogP contribution in [-0.4, -0.2) is 0 Å². The zero-order chi connectivity index (χ0) is 6.97. The van der Waals surface area contributed by atoms with Gasteiger partial charge in [0.1, 0.15) is 0 Å². The molecule has 0 N–H and O–H groups in total. The fourth-order valence-electron chi connectivity index (χ4n) is 1.47. The lowest BCUT2D eigenvalue weighted by Gasteiger charge is -2.13. The smallest absolute Gasteiger partial charge is 0.0161 e. The first-order chi connectivity index (χ1) is 4.88. The zero-order valence-electron chi connectivity index (χ0n) is 5.93. The lowest BCUT2D eigenvalue weighted by molar-refractivity contribution is 0.962. The van der Waals surface area contributed by atoms with E-state index >= 15 is 0 Å². The van der Waals surface area contributed by atoms with Gasteiger partial charge in [0.15, 0.2) is 0 Å². The second-order valence-corrected chi connectivity index (χ2v) is 2.74. The highest BCUT2D eigenvalue weighted by Crippen LogP contribution is 2.31. The Morgan fingerprint density at radius 1 is 1.40 bits per heavy atom. The van der Waals surface area contributed by atoms with Crippen molar-refractivity contribution in [3.8, 4) is 0 Å². The van der Waals surface area contributed by atoms with E-state index in [4.69, 9.17) is 0 Å². The van der Waals surface area contributed by atoms with Crippen molar-refractivity contribution in [1.29, 1.82) is 0 Å². The lowest BCUT2D eigenvalue weighted by Crippen LogP contribution is -1.94. The van der Waals surface area contributed by atoms with Gasteiger partial charge in [-0.15, -0.1) is 0 Å². The molecular formula is C10H10. The van der Waals surface area contributed by atoms with Crippen LogP contribution < -0.4 is 0 Å². The van der Waals surface area contributed by atoms with Crippen molar-refractivity contribution in [3.63, 3.8) is 0 Å². The van der Waals surface area contributed by atoms with Crippen molar-refractivity contribution in [2.45, 2.75) is 12.8 Å². The molecule has 50 valence electrons. The van der Waals surface area contributed by atoms with Gasteiger partial charge in [0.25, 0.3) is 0 Å². The molecule has 0 aromatic heterocycles. The van der Waals surface area contributed by atoms with Gasteiger partial charge in [-0.25, -0.2) is 0 Å². The predicted molar refractivity (Wildman–Crippen MR) is 43.7 cm³/mol. The van der Waals surface area contributed by atoms with Gasteiger partial charge in [-0.2, -0.15) is 0 Å². The Hall–Kier alpha value is -1.04. The average Bonchev–Trinajstić information content (AvgIpc) is 2.36. The summed E-state index contributed by atoms with van der Waals surface area (Å²) >= 11 is 0. The first kappa shape index (κ1) is 5.72. The molecule has 0 heteroatoms.